The van der Waals surface area contributed by atoms with Gasteiger partial charge in [0.15, 0.2) is 0 Å². The number of amides is 1. The number of carbonyl (C=O) groups excluding carboxylic acids is 1. The van der Waals surface area contributed by atoms with Crippen molar-refractivity contribution >= 4 is 35.0 Å². The fourth-order valence-electron chi connectivity index (χ4n) is 2.65. The first-order valence-electron chi connectivity index (χ1n) is 7.79. The van der Waals surface area contributed by atoms with E-state index in [9.17, 15) is 9.18 Å². The Morgan fingerprint density at radius 2 is 2.12 bits per heavy atom. The first-order valence-corrected chi connectivity index (χ1v) is 9.05. The van der Waals surface area contributed by atoms with E-state index in [1.54, 1.807) is 19.1 Å². The van der Waals surface area contributed by atoms with Crippen molar-refractivity contribution in [2.45, 2.75) is 30.0 Å². The molecule has 2 aromatic rings. The highest BCUT2D eigenvalue weighted by atomic mass is 35.5. The molecule has 0 saturated heterocycles. The molecule has 0 aromatic heterocycles. The molecule has 1 unspecified atom stereocenters. The first-order chi connectivity index (χ1) is 11.6. The molecule has 0 spiro atoms. The van der Waals surface area contributed by atoms with Crippen molar-refractivity contribution in [2.75, 3.05) is 11.9 Å². The largest absolute Gasteiger partial charge is 0.323 e. The minimum atomic E-state index is -0.387. The molecule has 3 rings (SSSR count). The summed E-state index contributed by atoms with van der Waals surface area (Å²) in [4.78, 5) is 13.2. The summed E-state index contributed by atoms with van der Waals surface area (Å²) < 4.78 is 14.6. The van der Waals surface area contributed by atoms with E-state index in [1.165, 1.54) is 11.8 Å². The highest BCUT2D eigenvalue weighted by molar-refractivity contribution is 8.00. The van der Waals surface area contributed by atoms with Gasteiger partial charge in [-0.3, -0.25) is 4.79 Å². The van der Waals surface area contributed by atoms with Crippen LogP contribution >= 0.6 is 23.4 Å². The second-order valence-electron chi connectivity index (χ2n) is 5.67. The van der Waals surface area contributed by atoms with Gasteiger partial charge < -0.3 is 10.6 Å². The number of hydrogen-bond donors (Lipinski definition) is 2. The summed E-state index contributed by atoms with van der Waals surface area (Å²) in [5.41, 5.74) is 1.89. The number of benzene rings is 2. The Hall–Kier alpha value is -1.56. The lowest BCUT2D eigenvalue weighted by Crippen LogP contribution is -2.26. The van der Waals surface area contributed by atoms with Crippen molar-refractivity contribution in [3.63, 3.8) is 0 Å². The molecule has 0 aliphatic carbocycles. The Kier molecular flexibility index (Phi) is 5.43. The summed E-state index contributed by atoms with van der Waals surface area (Å²) in [5, 5.41) is 6.13. The molecule has 1 heterocycles. The molecule has 1 atom stereocenters. The van der Waals surface area contributed by atoms with Gasteiger partial charge in [-0.2, -0.15) is 0 Å². The number of fused-ring (bicyclic) bond motifs is 1. The third kappa shape index (κ3) is 3.74. The van der Waals surface area contributed by atoms with Crippen molar-refractivity contribution in [1.29, 1.82) is 0 Å². The number of nitrogens with one attached hydrogen (secondary N) is 2. The summed E-state index contributed by atoms with van der Waals surface area (Å²) in [6.07, 6.45) is 0.634. The van der Waals surface area contributed by atoms with Crippen LogP contribution in [0.1, 0.15) is 18.1 Å². The summed E-state index contributed by atoms with van der Waals surface area (Å²) in [6.45, 7) is 3.20. The second kappa shape index (κ2) is 7.55. The summed E-state index contributed by atoms with van der Waals surface area (Å²) in [6, 6.07) is 10.9. The molecule has 2 aromatic carbocycles. The Morgan fingerprint density at radius 1 is 1.33 bits per heavy atom. The lowest BCUT2D eigenvalue weighted by atomic mass is 9.99. The molecule has 1 amide bonds. The molecule has 126 valence electrons. The Balaban J connectivity index is 1.71. The van der Waals surface area contributed by atoms with Gasteiger partial charge in [-0.1, -0.05) is 29.8 Å². The maximum atomic E-state index is 14.6. The van der Waals surface area contributed by atoms with E-state index < -0.39 is 0 Å². The van der Waals surface area contributed by atoms with Gasteiger partial charge in [-0.25, -0.2) is 4.39 Å². The van der Waals surface area contributed by atoms with Crippen LogP contribution in [-0.4, -0.2) is 17.7 Å². The molecule has 0 fully saturated rings. The maximum Gasteiger partial charge on any atom is 0.237 e. The number of carbonyl (C=O) groups is 1. The summed E-state index contributed by atoms with van der Waals surface area (Å²) >= 11 is 7.48. The summed E-state index contributed by atoms with van der Waals surface area (Å²) in [7, 11) is 0. The molecule has 0 saturated carbocycles. The average molecular weight is 365 g/mol. The molecule has 24 heavy (non-hydrogen) atoms. The van der Waals surface area contributed by atoms with Crippen molar-refractivity contribution in [3.8, 4) is 0 Å². The third-order valence-corrected chi connectivity index (χ3v) is 5.59. The van der Waals surface area contributed by atoms with E-state index in [4.69, 9.17) is 11.6 Å². The third-order valence-electron chi connectivity index (χ3n) is 3.97. The average Bonchev–Trinajstić information content (AvgIpc) is 2.59. The van der Waals surface area contributed by atoms with Gasteiger partial charge in [-0.05, 0) is 49.2 Å². The van der Waals surface area contributed by atoms with Crippen molar-refractivity contribution in [3.05, 3.63) is 58.4 Å². The van der Waals surface area contributed by atoms with Crippen LogP contribution in [0.4, 0.5) is 10.1 Å². The van der Waals surface area contributed by atoms with E-state index >= 15 is 0 Å². The van der Waals surface area contributed by atoms with Crippen LogP contribution in [0.15, 0.2) is 41.3 Å². The quantitative estimate of drug-likeness (QED) is 0.797. The molecule has 1 aliphatic heterocycles. The van der Waals surface area contributed by atoms with Crippen LogP contribution in [0.25, 0.3) is 0 Å². The van der Waals surface area contributed by atoms with E-state index in [0.717, 1.165) is 17.0 Å². The lowest BCUT2D eigenvalue weighted by Gasteiger charge is -2.20. The highest BCUT2D eigenvalue weighted by Gasteiger charge is 2.20. The van der Waals surface area contributed by atoms with Crippen LogP contribution in [-0.2, 0) is 17.8 Å². The second-order valence-corrected chi connectivity index (χ2v) is 7.46. The van der Waals surface area contributed by atoms with Crippen LogP contribution in [0, 0.1) is 5.82 Å². The van der Waals surface area contributed by atoms with Gasteiger partial charge in [0.2, 0.25) is 5.91 Å². The van der Waals surface area contributed by atoms with Crippen LogP contribution in [0.2, 0.25) is 5.02 Å². The summed E-state index contributed by atoms with van der Waals surface area (Å²) in [5.74, 6) is -0.565. The highest BCUT2D eigenvalue weighted by Crippen LogP contribution is 2.31. The van der Waals surface area contributed by atoms with Gasteiger partial charge in [0.1, 0.15) is 5.82 Å². The Labute approximate surface area is 150 Å². The van der Waals surface area contributed by atoms with E-state index in [-0.39, 0.29) is 22.7 Å². The van der Waals surface area contributed by atoms with Crippen LogP contribution in [0.3, 0.4) is 0 Å². The molecular weight excluding hydrogens is 347 g/mol. The normalized spacial score (nSPS) is 14.8. The van der Waals surface area contributed by atoms with Gasteiger partial charge >= 0.3 is 0 Å². The minimum Gasteiger partial charge on any atom is -0.323 e. The maximum absolute atomic E-state index is 14.6. The molecule has 1 aliphatic rings. The van der Waals surface area contributed by atoms with E-state index in [1.807, 2.05) is 24.3 Å². The standard InChI is InChI=1S/C18H18ClFN2OS/c1-11(24-16-5-3-2-4-14(16)19)18(23)22-15-7-6-12-10-21-9-8-13(12)17(15)20/h2-7,11,21H,8-10H2,1H3,(H,22,23). The Bertz CT molecular complexity index is 769. The van der Waals surface area contributed by atoms with Crippen LogP contribution in [0.5, 0.6) is 0 Å². The predicted octanol–water partition coefficient (Wildman–Crippen LogP) is 4.24. The fraction of sp³-hybridized carbons (Fsp3) is 0.278. The minimum absolute atomic E-state index is 0.243. The molecule has 2 N–H and O–H groups in total. The zero-order valence-electron chi connectivity index (χ0n) is 13.2. The Morgan fingerprint density at radius 3 is 2.92 bits per heavy atom. The monoisotopic (exact) mass is 364 g/mol. The van der Waals surface area contributed by atoms with Crippen molar-refractivity contribution in [1.82, 2.24) is 5.32 Å². The topological polar surface area (TPSA) is 41.1 Å². The number of anilines is 1. The van der Waals surface area contributed by atoms with Gasteiger partial charge in [-0.15, -0.1) is 11.8 Å². The number of halogens is 2. The fourth-order valence-corrected chi connectivity index (χ4v) is 3.80. The zero-order valence-corrected chi connectivity index (χ0v) is 14.8. The number of rotatable bonds is 4. The molecular formula is C18H18ClFN2OS. The van der Waals surface area contributed by atoms with Gasteiger partial charge in [0.05, 0.1) is 16.0 Å². The van der Waals surface area contributed by atoms with Crippen LogP contribution < -0.4 is 10.6 Å². The molecule has 6 heteroatoms. The van der Waals surface area contributed by atoms with Gasteiger partial charge in [0.25, 0.3) is 0 Å². The molecule has 0 bridgehead atoms. The lowest BCUT2D eigenvalue weighted by molar-refractivity contribution is -0.115. The zero-order chi connectivity index (χ0) is 17.1. The van der Waals surface area contributed by atoms with Crippen molar-refractivity contribution in [2.24, 2.45) is 0 Å². The van der Waals surface area contributed by atoms with Crippen molar-refractivity contribution < 1.29 is 9.18 Å². The predicted molar refractivity (Wildman–Crippen MR) is 97.2 cm³/mol. The smallest absolute Gasteiger partial charge is 0.237 e. The number of thioether (sulfide) groups is 1. The van der Waals surface area contributed by atoms with E-state index in [0.29, 0.717) is 23.6 Å². The number of hydrogen-bond acceptors (Lipinski definition) is 3. The van der Waals surface area contributed by atoms with E-state index in [2.05, 4.69) is 10.6 Å². The molecule has 0 radical (unpaired) electrons. The first kappa shape index (κ1) is 17.3. The molecule has 3 nitrogen and oxygen atoms in total. The SMILES string of the molecule is CC(Sc1ccccc1Cl)C(=O)Nc1ccc2c(c1F)CCNC2. The van der Waals surface area contributed by atoms with Gasteiger partial charge in [0, 0.05) is 11.4 Å².